The zero-order valence-electron chi connectivity index (χ0n) is 18.1. The standard InChI is InChI=1S/C25H26N4O3/c1-32-21-7-5-20(6-8-21)29-16-19(15-23(29)30)25(31)28-13-10-17(11-14-28)22-9-4-18-3-2-12-26-24(18)27-22/h2-9,12,17,19H,10-11,13-16H2,1H3. The van der Waals surface area contributed by atoms with Gasteiger partial charge in [-0.2, -0.15) is 0 Å². The second-order valence-corrected chi connectivity index (χ2v) is 8.49. The molecule has 1 atom stereocenters. The Balaban J connectivity index is 1.21. The number of anilines is 1. The van der Waals surface area contributed by atoms with E-state index < -0.39 is 0 Å². The fourth-order valence-corrected chi connectivity index (χ4v) is 4.73. The average molecular weight is 431 g/mol. The molecule has 2 aromatic heterocycles. The second kappa shape index (κ2) is 8.57. The third-order valence-electron chi connectivity index (χ3n) is 6.57. The van der Waals surface area contributed by atoms with Crippen LogP contribution >= 0.6 is 0 Å². The lowest BCUT2D eigenvalue weighted by Gasteiger charge is -2.33. The average Bonchev–Trinajstić information content (AvgIpc) is 3.25. The maximum atomic E-state index is 13.1. The van der Waals surface area contributed by atoms with Crippen molar-refractivity contribution in [3.63, 3.8) is 0 Å². The molecule has 2 fully saturated rings. The van der Waals surface area contributed by atoms with Gasteiger partial charge in [-0.1, -0.05) is 0 Å². The number of aromatic nitrogens is 2. The predicted octanol–water partition coefficient (Wildman–Crippen LogP) is 3.40. The van der Waals surface area contributed by atoms with Gasteiger partial charge in [0.1, 0.15) is 5.75 Å². The number of likely N-dealkylation sites (tertiary alicyclic amines) is 1. The Kier molecular flexibility index (Phi) is 5.47. The van der Waals surface area contributed by atoms with Gasteiger partial charge in [0.05, 0.1) is 13.0 Å². The third kappa shape index (κ3) is 3.90. The van der Waals surface area contributed by atoms with Crippen molar-refractivity contribution in [1.82, 2.24) is 14.9 Å². The number of methoxy groups -OCH3 is 1. The first-order valence-electron chi connectivity index (χ1n) is 11.1. The molecular formula is C25H26N4O3. The smallest absolute Gasteiger partial charge is 0.228 e. The van der Waals surface area contributed by atoms with Crippen LogP contribution in [0.2, 0.25) is 0 Å². The Morgan fingerprint density at radius 2 is 1.84 bits per heavy atom. The molecular weight excluding hydrogens is 404 g/mol. The maximum absolute atomic E-state index is 13.1. The van der Waals surface area contributed by atoms with Crippen LogP contribution in [0, 0.1) is 5.92 Å². The fourth-order valence-electron chi connectivity index (χ4n) is 4.73. The first-order valence-corrected chi connectivity index (χ1v) is 11.1. The molecule has 4 heterocycles. The van der Waals surface area contributed by atoms with Crippen LogP contribution in [-0.2, 0) is 9.59 Å². The number of amides is 2. The Morgan fingerprint density at radius 1 is 1.06 bits per heavy atom. The molecule has 1 aromatic carbocycles. The molecule has 7 nitrogen and oxygen atoms in total. The molecule has 0 radical (unpaired) electrons. The van der Waals surface area contributed by atoms with Gasteiger partial charge in [-0.15, -0.1) is 0 Å². The van der Waals surface area contributed by atoms with Gasteiger partial charge in [-0.25, -0.2) is 9.97 Å². The van der Waals surface area contributed by atoms with Crippen molar-refractivity contribution < 1.29 is 14.3 Å². The maximum Gasteiger partial charge on any atom is 0.228 e. The topological polar surface area (TPSA) is 75.6 Å². The van der Waals surface area contributed by atoms with Crippen LogP contribution in [0.3, 0.4) is 0 Å². The summed E-state index contributed by atoms with van der Waals surface area (Å²) in [5.41, 5.74) is 2.62. The minimum absolute atomic E-state index is 0.00346. The molecule has 0 N–H and O–H groups in total. The number of carbonyl (C=O) groups is 2. The molecule has 2 aliphatic rings. The summed E-state index contributed by atoms with van der Waals surface area (Å²) < 4.78 is 5.19. The minimum atomic E-state index is -0.288. The molecule has 32 heavy (non-hydrogen) atoms. The Hall–Kier alpha value is -3.48. The summed E-state index contributed by atoms with van der Waals surface area (Å²) in [7, 11) is 1.61. The second-order valence-electron chi connectivity index (χ2n) is 8.49. The van der Waals surface area contributed by atoms with Crippen molar-refractivity contribution in [1.29, 1.82) is 0 Å². The minimum Gasteiger partial charge on any atom is -0.497 e. The molecule has 2 aliphatic heterocycles. The van der Waals surface area contributed by atoms with Crippen LogP contribution < -0.4 is 9.64 Å². The van der Waals surface area contributed by atoms with Gasteiger partial charge < -0.3 is 14.5 Å². The van der Waals surface area contributed by atoms with Crippen LogP contribution in [-0.4, -0.2) is 53.4 Å². The molecule has 164 valence electrons. The number of fused-ring (bicyclic) bond motifs is 1. The highest BCUT2D eigenvalue weighted by Gasteiger charge is 2.38. The predicted molar refractivity (Wildman–Crippen MR) is 122 cm³/mol. The van der Waals surface area contributed by atoms with Crippen molar-refractivity contribution in [2.24, 2.45) is 5.92 Å². The van der Waals surface area contributed by atoms with Crippen molar-refractivity contribution in [3.05, 3.63) is 60.4 Å². The molecule has 1 unspecified atom stereocenters. The van der Waals surface area contributed by atoms with Crippen molar-refractivity contribution in [2.45, 2.75) is 25.2 Å². The summed E-state index contributed by atoms with van der Waals surface area (Å²) in [5.74, 6) is 0.861. The van der Waals surface area contributed by atoms with Gasteiger partial charge in [0, 0.05) is 54.9 Å². The zero-order chi connectivity index (χ0) is 22.1. The number of hydrogen-bond donors (Lipinski definition) is 0. The van der Waals surface area contributed by atoms with E-state index in [0.717, 1.165) is 41.0 Å². The SMILES string of the molecule is COc1ccc(N2CC(C(=O)N3CCC(c4ccc5cccnc5n4)CC3)CC2=O)cc1. The number of piperidine rings is 1. The Bertz CT molecular complexity index is 1140. The summed E-state index contributed by atoms with van der Waals surface area (Å²) in [4.78, 5) is 38.5. The lowest BCUT2D eigenvalue weighted by atomic mass is 9.92. The molecule has 5 rings (SSSR count). The van der Waals surface area contributed by atoms with E-state index in [4.69, 9.17) is 9.72 Å². The van der Waals surface area contributed by atoms with Gasteiger partial charge in [0.2, 0.25) is 11.8 Å². The number of rotatable bonds is 4. The van der Waals surface area contributed by atoms with E-state index in [1.165, 1.54) is 0 Å². The third-order valence-corrected chi connectivity index (χ3v) is 6.57. The van der Waals surface area contributed by atoms with E-state index in [1.54, 1.807) is 18.2 Å². The van der Waals surface area contributed by atoms with Crippen LogP contribution in [0.1, 0.15) is 30.9 Å². The van der Waals surface area contributed by atoms with E-state index >= 15 is 0 Å². The van der Waals surface area contributed by atoms with Crippen LogP contribution in [0.15, 0.2) is 54.7 Å². The van der Waals surface area contributed by atoms with E-state index in [9.17, 15) is 9.59 Å². The highest BCUT2D eigenvalue weighted by Crippen LogP contribution is 2.31. The van der Waals surface area contributed by atoms with E-state index in [0.29, 0.717) is 25.6 Å². The summed E-state index contributed by atoms with van der Waals surface area (Å²) in [6.07, 6.45) is 3.78. The highest BCUT2D eigenvalue weighted by molar-refractivity contribution is 6.00. The summed E-state index contributed by atoms with van der Waals surface area (Å²) in [5, 5.41) is 1.04. The number of ether oxygens (including phenoxy) is 1. The first-order chi connectivity index (χ1) is 15.6. The zero-order valence-corrected chi connectivity index (χ0v) is 18.1. The lowest BCUT2D eigenvalue weighted by molar-refractivity contribution is -0.136. The van der Waals surface area contributed by atoms with E-state index in [2.05, 4.69) is 17.1 Å². The van der Waals surface area contributed by atoms with Gasteiger partial charge in [-0.05, 0) is 61.4 Å². The summed E-state index contributed by atoms with van der Waals surface area (Å²) in [6.45, 7) is 1.82. The number of pyridine rings is 2. The Labute approximate surface area is 187 Å². The number of hydrogen-bond acceptors (Lipinski definition) is 5. The number of carbonyl (C=O) groups excluding carboxylic acids is 2. The molecule has 0 bridgehead atoms. The van der Waals surface area contributed by atoms with Crippen LogP contribution in [0.5, 0.6) is 5.75 Å². The number of nitrogens with zero attached hydrogens (tertiary/aromatic N) is 4. The molecule has 0 saturated carbocycles. The summed E-state index contributed by atoms with van der Waals surface area (Å²) >= 11 is 0. The Morgan fingerprint density at radius 3 is 2.59 bits per heavy atom. The van der Waals surface area contributed by atoms with Crippen molar-refractivity contribution in [3.8, 4) is 5.75 Å². The van der Waals surface area contributed by atoms with Crippen LogP contribution in [0.25, 0.3) is 11.0 Å². The number of benzene rings is 1. The molecule has 0 aliphatic carbocycles. The van der Waals surface area contributed by atoms with Gasteiger partial charge in [0.15, 0.2) is 5.65 Å². The summed E-state index contributed by atoms with van der Waals surface area (Å²) in [6, 6.07) is 15.5. The van der Waals surface area contributed by atoms with Crippen LogP contribution in [0.4, 0.5) is 5.69 Å². The highest BCUT2D eigenvalue weighted by atomic mass is 16.5. The van der Waals surface area contributed by atoms with Gasteiger partial charge >= 0.3 is 0 Å². The normalized spacial score (nSPS) is 19.5. The van der Waals surface area contributed by atoms with Crippen molar-refractivity contribution >= 4 is 28.5 Å². The fraction of sp³-hybridized carbons (Fsp3) is 0.360. The van der Waals surface area contributed by atoms with Gasteiger partial charge in [0.25, 0.3) is 0 Å². The molecule has 7 heteroatoms. The lowest BCUT2D eigenvalue weighted by Crippen LogP contribution is -2.42. The quantitative estimate of drug-likeness (QED) is 0.634. The van der Waals surface area contributed by atoms with Crippen molar-refractivity contribution in [2.75, 3.05) is 31.6 Å². The first kappa shape index (κ1) is 20.4. The molecule has 3 aromatic rings. The van der Waals surface area contributed by atoms with E-state index in [-0.39, 0.29) is 24.2 Å². The molecule has 2 amide bonds. The molecule has 0 spiro atoms. The van der Waals surface area contributed by atoms with E-state index in [1.807, 2.05) is 41.3 Å². The largest absolute Gasteiger partial charge is 0.497 e. The molecule has 2 saturated heterocycles. The van der Waals surface area contributed by atoms with Gasteiger partial charge in [-0.3, -0.25) is 9.59 Å². The monoisotopic (exact) mass is 430 g/mol.